The topological polar surface area (TPSA) is 130 Å². The Balaban J connectivity index is 0.657. The third kappa shape index (κ3) is 6.33. The van der Waals surface area contributed by atoms with Crippen molar-refractivity contribution in [3.63, 3.8) is 0 Å². The summed E-state index contributed by atoms with van der Waals surface area (Å²) in [5.41, 5.74) is 7.54. The minimum Gasteiger partial charge on any atom is -0.489 e. The molecule has 8 aliphatic rings. The molecule has 2 aromatic heterocycles. The number of pyridine rings is 1. The van der Waals surface area contributed by atoms with E-state index in [2.05, 4.69) is 72.5 Å². The molecule has 61 heavy (non-hydrogen) atoms. The number of aromatic amines is 1. The van der Waals surface area contributed by atoms with Gasteiger partial charge in [-0.3, -0.25) is 39.6 Å². The fraction of sp³-hybridized carbons (Fsp3) is 0.553. The number of anilines is 2. The molecule has 2 saturated carbocycles. The van der Waals surface area contributed by atoms with Crippen LogP contribution in [0.2, 0.25) is 0 Å². The number of hydrogen-bond donors (Lipinski definition) is 2. The Morgan fingerprint density at radius 3 is 2.57 bits per heavy atom. The molecule has 0 bridgehead atoms. The number of amides is 3. The lowest BCUT2D eigenvalue weighted by molar-refractivity contribution is -0.136. The summed E-state index contributed by atoms with van der Waals surface area (Å²) >= 11 is 0. The van der Waals surface area contributed by atoms with Crippen LogP contribution in [0.3, 0.4) is 0 Å². The van der Waals surface area contributed by atoms with Crippen molar-refractivity contribution < 1.29 is 23.5 Å². The van der Waals surface area contributed by atoms with Crippen molar-refractivity contribution in [2.24, 2.45) is 11.3 Å². The highest BCUT2D eigenvalue weighted by atomic mass is 19.1. The number of halogens is 1. The van der Waals surface area contributed by atoms with Gasteiger partial charge in [0.2, 0.25) is 11.8 Å². The normalized spacial score (nSPS) is 28.2. The van der Waals surface area contributed by atoms with Gasteiger partial charge < -0.3 is 19.4 Å². The van der Waals surface area contributed by atoms with E-state index in [1.54, 1.807) is 4.90 Å². The predicted molar refractivity (Wildman–Crippen MR) is 227 cm³/mol. The smallest absolute Gasteiger partial charge is 0.255 e. The van der Waals surface area contributed by atoms with Crippen molar-refractivity contribution in [2.45, 2.75) is 101 Å². The van der Waals surface area contributed by atoms with Crippen LogP contribution in [-0.4, -0.2) is 124 Å². The summed E-state index contributed by atoms with van der Waals surface area (Å²) in [7, 11) is 0. The van der Waals surface area contributed by atoms with Gasteiger partial charge >= 0.3 is 0 Å². The number of aromatic nitrogens is 3. The standard InChI is InChI=1S/C47H54FN9O4/c1-28-18-34-32(3-6-37-35(34)20-50-52-37)42(57(28)27-47(48)14-15-47)38-5-2-30(19-49-38)54-25-46(26-54)12-10-29(11-13-46)21-53-16-17-55-31(22-53)24-61-43-36-23-56(40-8-9-41(58)51-44(40)59)45(60)33(36)4-7-39(43)55/h2-7,19-20,28-29,31,40,42H,8-18,21-27H2,1H3,(H,50,52)(H,51,58,59)/t28-,31-,40+,42+/m1/s1. The summed E-state index contributed by atoms with van der Waals surface area (Å²) in [6.07, 6.45) is 11.8. The van der Waals surface area contributed by atoms with Gasteiger partial charge in [-0.15, -0.1) is 0 Å². The summed E-state index contributed by atoms with van der Waals surface area (Å²) in [5.74, 6) is 0.629. The first kappa shape index (κ1) is 37.7. The van der Waals surface area contributed by atoms with E-state index in [1.165, 1.54) is 42.5 Å². The van der Waals surface area contributed by atoms with Crippen molar-refractivity contribution >= 4 is 40.0 Å². The largest absolute Gasteiger partial charge is 0.489 e. The van der Waals surface area contributed by atoms with Crippen molar-refractivity contribution in [2.75, 3.05) is 62.2 Å². The van der Waals surface area contributed by atoms with Crippen molar-refractivity contribution in [1.82, 2.24) is 35.2 Å². The van der Waals surface area contributed by atoms with Gasteiger partial charge in [0.15, 0.2) is 0 Å². The minimum atomic E-state index is -1.08. The Hall–Kier alpha value is -5.08. The van der Waals surface area contributed by atoms with E-state index in [1.807, 2.05) is 18.3 Å². The average Bonchev–Trinajstić information content (AvgIpc) is 3.61. The molecule has 318 valence electrons. The number of H-pyrrole nitrogens is 1. The first-order valence-electron chi connectivity index (χ1n) is 22.6. The number of benzene rings is 2. The van der Waals surface area contributed by atoms with E-state index in [0.717, 1.165) is 79.3 Å². The van der Waals surface area contributed by atoms with Crippen LogP contribution >= 0.6 is 0 Å². The second-order valence-corrected chi connectivity index (χ2v) is 19.7. The van der Waals surface area contributed by atoms with Crippen LogP contribution < -0.4 is 19.9 Å². The lowest BCUT2D eigenvalue weighted by Crippen LogP contribution is -2.59. The molecule has 14 heteroatoms. The van der Waals surface area contributed by atoms with Gasteiger partial charge in [-0.25, -0.2) is 4.39 Å². The molecule has 13 nitrogen and oxygen atoms in total. The maximum absolute atomic E-state index is 15.4. The van der Waals surface area contributed by atoms with E-state index >= 15 is 4.39 Å². The Morgan fingerprint density at radius 2 is 1.79 bits per heavy atom. The van der Waals surface area contributed by atoms with Crippen LogP contribution in [-0.2, 0) is 22.6 Å². The monoisotopic (exact) mass is 827 g/mol. The predicted octanol–water partition coefficient (Wildman–Crippen LogP) is 5.14. The lowest BCUT2D eigenvalue weighted by Gasteiger charge is -2.55. The maximum atomic E-state index is 15.4. The highest BCUT2D eigenvalue weighted by Crippen LogP contribution is 2.50. The van der Waals surface area contributed by atoms with E-state index in [-0.39, 0.29) is 36.4 Å². The average molecular weight is 828 g/mol. The van der Waals surface area contributed by atoms with Gasteiger partial charge in [0.05, 0.1) is 53.6 Å². The number of carbonyl (C=O) groups is 3. The third-order valence-electron chi connectivity index (χ3n) is 15.8. The molecule has 5 fully saturated rings. The molecule has 2 aromatic carbocycles. The van der Waals surface area contributed by atoms with Crippen LogP contribution in [0.4, 0.5) is 15.8 Å². The van der Waals surface area contributed by atoms with Gasteiger partial charge in [-0.2, -0.15) is 5.10 Å². The fourth-order valence-corrected chi connectivity index (χ4v) is 12.2. The van der Waals surface area contributed by atoms with Crippen molar-refractivity contribution in [3.05, 3.63) is 76.7 Å². The zero-order valence-electron chi connectivity index (χ0n) is 34.9. The summed E-state index contributed by atoms with van der Waals surface area (Å²) in [6.45, 7) is 9.73. The van der Waals surface area contributed by atoms with Gasteiger partial charge in [0, 0.05) is 80.2 Å². The second-order valence-electron chi connectivity index (χ2n) is 19.7. The van der Waals surface area contributed by atoms with Crippen molar-refractivity contribution in [1.29, 1.82) is 0 Å². The number of imide groups is 1. The summed E-state index contributed by atoms with van der Waals surface area (Å²) in [4.78, 5) is 54.4. The number of piperidine rings is 1. The molecular weight excluding hydrogens is 774 g/mol. The number of hydrogen-bond acceptors (Lipinski definition) is 10. The first-order valence-corrected chi connectivity index (χ1v) is 22.6. The van der Waals surface area contributed by atoms with Gasteiger partial charge in [0.25, 0.3) is 5.91 Å². The third-order valence-corrected chi connectivity index (χ3v) is 15.8. The van der Waals surface area contributed by atoms with E-state index in [0.29, 0.717) is 55.9 Å². The van der Waals surface area contributed by atoms with E-state index in [9.17, 15) is 14.4 Å². The molecule has 2 aliphatic carbocycles. The molecule has 6 aliphatic heterocycles. The number of piperazine rings is 1. The molecule has 3 amide bonds. The second kappa shape index (κ2) is 14.0. The highest BCUT2D eigenvalue weighted by molar-refractivity contribution is 6.06. The minimum absolute atomic E-state index is 0.0876. The molecule has 4 aromatic rings. The molecule has 0 unspecified atom stereocenters. The summed E-state index contributed by atoms with van der Waals surface area (Å²) in [5, 5.41) is 11.0. The zero-order chi connectivity index (χ0) is 41.2. The van der Waals surface area contributed by atoms with Crippen LogP contribution in [0.5, 0.6) is 5.75 Å². The maximum Gasteiger partial charge on any atom is 0.255 e. The molecule has 8 heterocycles. The van der Waals surface area contributed by atoms with Crippen molar-refractivity contribution in [3.8, 4) is 5.75 Å². The van der Waals surface area contributed by atoms with Crippen LogP contribution in [0, 0.1) is 11.3 Å². The van der Waals surface area contributed by atoms with Gasteiger partial charge in [-0.1, -0.05) is 6.07 Å². The number of nitrogens with one attached hydrogen (secondary N) is 2. The SMILES string of the molecule is C[C@@H]1Cc2c(ccc3[nH]ncc23)[C@@H](c2ccc(N3CC4(CCC(CN5CCN6c7ccc8c(c7OC[C@H]6C5)CN([C@H]5CCC(=O)NC5=O)C8=O)CC4)C3)cn2)N1CC1(F)CC1. The molecule has 12 rings (SSSR count). The molecule has 4 atom stereocenters. The number of carbonyl (C=O) groups excluding carboxylic acids is 3. The lowest BCUT2D eigenvalue weighted by atomic mass is 9.65. The van der Waals surface area contributed by atoms with Crippen LogP contribution in [0.1, 0.15) is 97.1 Å². The Labute approximate surface area is 354 Å². The van der Waals surface area contributed by atoms with Gasteiger partial charge in [0.1, 0.15) is 24.1 Å². The summed E-state index contributed by atoms with van der Waals surface area (Å²) < 4.78 is 21.8. The summed E-state index contributed by atoms with van der Waals surface area (Å²) in [6, 6.07) is 12.4. The molecular formula is C47H54FN9O4. The molecule has 1 spiro atoms. The van der Waals surface area contributed by atoms with Crippen LogP contribution in [0.25, 0.3) is 10.9 Å². The Bertz CT molecular complexity index is 2440. The number of nitrogens with zero attached hydrogens (tertiary/aromatic N) is 7. The first-order chi connectivity index (χ1) is 29.6. The Morgan fingerprint density at radius 1 is 0.934 bits per heavy atom. The number of alkyl halides is 1. The number of rotatable bonds is 7. The number of fused-ring (bicyclic) bond motifs is 8. The zero-order valence-corrected chi connectivity index (χ0v) is 34.9. The highest BCUT2D eigenvalue weighted by Gasteiger charge is 2.49. The quantitative estimate of drug-likeness (QED) is 0.242. The van der Waals surface area contributed by atoms with Gasteiger partial charge in [-0.05, 0) is 106 Å². The van der Waals surface area contributed by atoms with E-state index in [4.69, 9.17) is 9.72 Å². The van der Waals surface area contributed by atoms with Crippen LogP contribution in [0.15, 0.2) is 48.8 Å². The Kier molecular flexibility index (Phi) is 8.62. The molecule has 3 saturated heterocycles. The number of ether oxygens (including phenoxy) is 1. The fourth-order valence-electron chi connectivity index (χ4n) is 12.2. The van der Waals surface area contributed by atoms with E-state index < -0.39 is 17.6 Å². The molecule has 0 radical (unpaired) electrons. The molecule has 2 N–H and O–H groups in total.